The molecule has 1 aromatic rings. The normalized spacial score (nSPS) is 18.6. The summed E-state index contributed by atoms with van der Waals surface area (Å²) < 4.78 is 0. The Labute approximate surface area is 98.7 Å². The number of ketones is 1. The molecule has 0 heterocycles. The van der Waals surface area contributed by atoms with Crippen molar-refractivity contribution < 1.29 is 15.0 Å². The first-order chi connectivity index (χ1) is 8.18. The zero-order valence-electron chi connectivity index (χ0n) is 9.23. The van der Waals surface area contributed by atoms with Crippen LogP contribution in [0, 0.1) is 0 Å². The smallest absolute Gasteiger partial charge is 0.167 e. The number of phenols is 1. The SMILES string of the molecule is O=C1CCC=C2Cc3cccc(O)c3C(O)=C12. The molecule has 0 atom stereocenters. The standard InChI is InChI=1S/C14H12O3/c15-10-5-1-3-8-7-9-4-2-6-11(16)13(9)14(17)12(8)10/h1,3-5,15,17H,2,6-7H2. The molecular formula is C14H12O3. The van der Waals surface area contributed by atoms with Crippen molar-refractivity contribution in [2.75, 3.05) is 0 Å². The number of hydrogen-bond donors (Lipinski definition) is 2. The van der Waals surface area contributed by atoms with Gasteiger partial charge in [0.2, 0.25) is 0 Å². The summed E-state index contributed by atoms with van der Waals surface area (Å²) in [4.78, 5) is 11.8. The van der Waals surface area contributed by atoms with Crippen LogP contribution in [0.3, 0.4) is 0 Å². The van der Waals surface area contributed by atoms with Crippen LogP contribution < -0.4 is 0 Å². The summed E-state index contributed by atoms with van der Waals surface area (Å²) in [6.07, 6.45) is 3.78. The molecule has 0 fully saturated rings. The Balaban J connectivity index is 2.30. The van der Waals surface area contributed by atoms with E-state index in [4.69, 9.17) is 0 Å². The van der Waals surface area contributed by atoms with Gasteiger partial charge < -0.3 is 10.2 Å². The highest BCUT2D eigenvalue weighted by Gasteiger charge is 2.30. The monoisotopic (exact) mass is 228 g/mol. The van der Waals surface area contributed by atoms with E-state index in [2.05, 4.69) is 0 Å². The van der Waals surface area contributed by atoms with Crippen LogP contribution in [-0.4, -0.2) is 16.0 Å². The second kappa shape index (κ2) is 3.48. The van der Waals surface area contributed by atoms with E-state index < -0.39 is 0 Å². The Morgan fingerprint density at radius 3 is 2.82 bits per heavy atom. The van der Waals surface area contributed by atoms with Crippen molar-refractivity contribution in [3.8, 4) is 5.75 Å². The number of benzene rings is 1. The highest BCUT2D eigenvalue weighted by Crippen LogP contribution is 2.40. The number of carbonyl (C=O) groups is 1. The molecule has 3 rings (SSSR count). The summed E-state index contributed by atoms with van der Waals surface area (Å²) >= 11 is 0. The number of allylic oxidation sites excluding steroid dienone is 3. The Hall–Kier alpha value is -2.03. The minimum atomic E-state index is -0.0692. The van der Waals surface area contributed by atoms with E-state index >= 15 is 0 Å². The number of aliphatic hydroxyl groups is 1. The first kappa shape index (κ1) is 10.1. The first-order valence-electron chi connectivity index (χ1n) is 5.65. The lowest BCUT2D eigenvalue weighted by atomic mass is 9.80. The maximum absolute atomic E-state index is 11.8. The second-order valence-corrected chi connectivity index (χ2v) is 4.40. The molecule has 1 aromatic carbocycles. The van der Waals surface area contributed by atoms with Crippen LogP contribution in [0.5, 0.6) is 5.75 Å². The Morgan fingerprint density at radius 1 is 1.18 bits per heavy atom. The van der Waals surface area contributed by atoms with E-state index in [9.17, 15) is 15.0 Å². The molecule has 0 saturated carbocycles. The molecule has 0 amide bonds. The van der Waals surface area contributed by atoms with Gasteiger partial charge in [0.25, 0.3) is 0 Å². The zero-order chi connectivity index (χ0) is 12.0. The van der Waals surface area contributed by atoms with Gasteiger partial charge in [-0.1, -0.05) is 18.2 Å². The van der Waals surface area contributed by atoms with Crippen LogP contribution in [0.2, 0.25) is 0 Å². The molecular weight excluding hydrogens is 216 g/mol. The molecule has 0 radical (unpaired) electrons. The van der Waals surface area contributed by atoms with Gasteiger partial charge in [0.05, 0.1) is 11.1 Å². The number of carbonyl (C=O) groups excluding carboxylic acids is 1. The van der Waals surface area contributed by atoms with E-state index in [0.29, 0.717) is 24.0 Å². The van der Waals surface area contributed by atoms with E-state index in [1.54, 1.807) is 6.07 Å². The van der Waals surface area contributed by atoms with Crippen molar-refractivity contribution in [3.63, 3.8) is 0 Å². The maximum Gasteiger partial charge on any atom is 0.167 e. The fraction of sp³-hybridized carbons (Fsp3) is 0.214. The van der Waals surface area contributed by atoms with Gasteiger partial charge in [0, 0.05) is 6.42 Å². The molecule has 0 saturated heterocycles. The number of hydrogen-bond acceptors (Lipinski definition) is 3. The first-order valence-corrected chi connectivity index (χ1v) is 5.65. The lowest BCUT2D eigenvalue weighted by molar-refractivity contribution is -0.115. The lowest BCUT2D eigenvalue weighted by Crippen LogP contribution is -2.18. The number of fused-ring (bicyclic) bond motifs is 2. The number of aromatic hydroxyl groups is 1. The Morgan fingerprint density at radius 2 is 2.00 bits per heavy atom. The maximum atomic E-state index is 11.8. The van der Waals surface area contributed by atoms with Gasteiger partial charge in [0.1, 0.15) is 11.5 Å². The summed E-state index contributed by atoms with van der Waals surface area (Å²) in [5.41, 5.74) is 2.56. The van der Waals surface area contributed by atoms with E-state index in [1.165, 1.54) is 6.07 Å². The summed E-state index contributed by atoms with van der Waals surface area (Å²) in [7, 11) is 0. The number of Topliss-reactive ketones (excluding diaryl/α,β-unsaturated/α-hetero) is 1. The molecule has 0 bridgehead atoms. The van der Waals surface area contributed by atoms with Gasteiger partial charge in [-0.15, -0.1) is 0 Å². The fourth-order valence-corrected chi connectivity index (χ4v) is 2.57. The van der Waals surface area contributed by atoms with Gasteiger partial charge in [-0.25, -0.2) is 0 Å². The summed E-state index contributed by atoms with van der Waals surface area (Å²) in [5.74, 6) is -0.0703. The van der Waals surface area contributed by atoms with Crippen LogP contribution in [0.25, 0.3) is 5.76 Å². The third-order valence-corrected chi connectivity index (χ3v) is 3.35. The van der Waals surface area contributed by atoms with Gasteiger partial charge in [0.15, 0.2) is 5.78 Å². The van der Waals surface area contributed by atoms with E-state index in [-0.39, 0.29) is 17.3 Å². The third kappa shape index (κ3) is 1.39. The van der Waals surface area contributed by atoms with Crippen LogP contribution in [0.15, 0.2) is 35.4 Å². The van der Waals surface area contributed by atoms with Crippen LogP contribution >= 0.6 is 0 Å². The van der Waals surface area contributed by atoms with Crippen molar-refractivity contribution in [2.45, 2.75) is 19.3 Å². The summed E-state index contributed by atoms with van der Waals surface area (Å²) in [6.45, 7) is 0. The zero-order valence-corrected chi connectivity index (χ0v) is 9.23. The van der Waals surface area contributed by atoms with Gasteiger partial charge in [-0.3, -0.25) is 4.79 Å². The molecule has 0 unspecified atom stereocenters. The van der Waals surface area contributed by atoms with E-state index in [1.807, 2.05) is 12.1 Å². The minimum Gasteiger partial charge on any atom is -0.507 e. The molecule has 3 nitrogen and oxygen atoms in total. The topological polar surface area (TPSA) is 57.5 Å². The average molecular weight is 228 g/mol. The molecule has 0 aliphatic heterocycles. The van der Waals surface area contributed by atoms with Crippen molar-refractivity contribution >= 4 is 11.5 Å². The van der Waals surface area contributed by atoms with Crippen molar-refractivity contribution in [2.24, 2.45) is 0 Å². The van der Waals surface area contributed by atoms with Gasteiger partial charge in [-0.05, 0) is 30.0 Å². The Bertz CT molecular complexity index is 579. The summed E-state index contributed by atoms with van der Waals surface area (Å²) in [5, 5.41) is 19.9. The highest BCUT2D eigenvalue weighted by molar-refractivity contribution is 6.08. The number of phenolic OH excluding ortho intramolecular Hbond substituents is 1. The molecule has 17 heavy (non-hydrogen) atoms. The van der Waals surface area contributed by atoms with Crippen LogP contribution in [0.1, 0.15) is 24.0 Å². The van der Waals surface area contributed by atoms with Gasteiger partial charge >= 0.3 is 0 Å². The summed E-state index contributed by atoms with van der Waals surface area (Å²) in [6, 6.07) is 5.14. The third-order valence-electron chi connectivity index (χ3n) is 3.35. The molecule has 86 valence electrons. The van der Waals surface area contributed by atoms with Crippen molar-refractivity contribution in [1.29, 1.82) is 0 Å². The van der Waals surface area contributed by atoms with Crippen LogP contribution in [0.4, 0.5) is 0 Å². The van der Waals surface area contributed by atoms with E-state index in [0.717, 1.165) is 17.6 Å². The molecule has 0 spiro atoms. The molecule has 3 heteroatoms. The van der Waals surface area contributed by atoms with Crippen LogP contribution in [-0.2, 0) is 11.2 Å². The molecule has 0 aromatic heterocycles. The minimum absolute atomic E-state index is 0.0323. The van der Waals surface area contributed by atoms with Crippen molar-refractivity contribution in [1.82, 2.24) is 0 Å². The predicted molar refractivity (Wildman–Crippen MR) is 63.7 cm³/mol. The predicted octanol–water partition coefficient (Wildman–Crippen LogP) is 2.51. The fourth-order valence-electron chi connectivity index (χ4n) is 2.57. The number of rotatable bonds is 0. The largest absolute Gasteiger partial charge is 0.507 e. The molecule has 2 aliphatic carbocycles. The Kier molecular flexibility index (Phi) is 2.08. The lowest BCUT2D eigenvalue weighted by Gasteiger charge is -2.24. The highest BCUT2D eigenvalue weighted by atomic mass is 16.3. The second-order valence-electron chi connectivity index (χ2n) is 4.40. The number of aliphatic hydroxyl groups excluding tert-OH is 1. The molecule has 2 N–H and O–H groups in total. The van der Waals surface area contributed by atoms with Crippen molar-refractivity contribution in [3.05, 3.63) is 46.5 Å². The molecule has 2 aliphatic rings. The quantitative estimate of drug-likeness (QED) is 0.717. The van der Waals surface area contributed by atoms with Gasteiger partial charge in [-0.2, -0.15) is 0 Å². The average Bonchev–Trinajstić information content (AvgIpc) is 2.28.